The Labute approximate surface area is 150 Å². The van der Waals surface area contributed by atoms with Gasteiger partial charge in [-0.3, -0.25) is 4.79 Å². The van der Waals surface area contributed by atoms with E-state index in [0.29, 0.717) is 18.4 Å². The minimum absolute atomic E-state index is 0. The lowest BCUT2D eigenvalue weighted by atomic mass is 9.98. The summed E-state index contributed by atoms with van der Waals surface area (Å²) in [6.07, 6.45) is 6.18. The van der Waals surface area contributed by atoms with Crippen LogP contribution in [0.2, 0.25) is 5.02 Å². The monoisotopic (exact) mass is 356 g/mol. The fourth-order valence-corrected chi connectivity index (χ4v) is 3.77. The summed E-state index contributed by atoms with van der Waals surface area (Å²) in [4.78, 5) is 14.9. The Bertz CT molecular complexity index is 530. The molecule has 2 saturated carbocycles. The van der Waals surface area contributed by atoms with Crippen LogP contribution >= 0.6 is 24.0 Å². The zero-order valence-electron chi connectivity index (χ0n) is 13.6. The third-order valence-corrected chi connectivity index (χ3v) is 5.40. The Morgan fingerprint density at radius 2 is 1.91 bits per heavy atom. The Hall–Kier alpha value is -0.770. The van der Waals surface area contributed by atoms with Gasteiger partial charge in [-0.05, 0) is 56.2 Å². The average molecular weight is 357 g/mol. The van der Waals surface area contributed by atoms with E-state index in [1.165, 1.54) is 0 Å². The molecule has 2 N–H and O–H groups in total. The molecule has 23 heavy (non-hydrogen) atoms. The number of nitrogens with two attached hydrogens (primary N) is 1. The number of nitrogens with zero attached hydrogens (tertiary/aromatic N) is 1. The maximum Gasteiger partial charge on any atom is 0.223 e. The quantitative estimate of drug-likeness (QED) is 0.853. The van der Waals surface area contributed by atoms with E-state index in [9.17, 15) is 4.79 Å². The van der Waals surface area contributed by atoms with Gasteiger partial charge in [0, 0.05) is 23.5 Å². The van der Waals surface area contributed by atoms with Crippen LogP contribution in [0, 0.1) is 5.92 Å². The summed E-state index contributed by atoms with van der Waals surface area (Å²) in [5.41, 5.74) is 7.29. The fourth-order valence-electron chi connectivity index (χ4n) is 3.64. The summed E-state index contributed by atoms with van der Waals surface area (Å²) in [7, 11) is 0. The van der Waals surface area contributed by atoms with E-state index < -0.39 is 0 Å². The molecule has 0 radical (unpaired) electrons. The maximum absolute atomic E-state index is 12.9. The molecule has 0 aromatic heterocycles. The van der Waals surface area contributed by atoms with Crippen molar-refractivity contribution in [2.45, 2.75) is 63.6 Å². The van der Waals surface area contributed by atoms with Crippen LogP contribution in [-0.2, 0) is 4.79 Å². The molecule has 1 unspecified atom stereocenters. The molecular weight excluding hydrogens is 331 g/mol. The van der Waals surface area contributed by atoms with Crippen molar-refractivity contribution >= 4 is 29.9 Å². The molecule has 2 fully saturated rings. The summed E-state index contributed by atoms with van der Waals surface area (Å²) >= 11 is 5.97. The van der Waals surface area contributed by atoms with Crippen LogP contribution in [0.25, 0.3) is 0 Å². The van der Waals surface area contributed by atoms with Gasteiger partial charge in [0.1, 0.15) is 0 Å². The Balaban J connectivity index is 0.00000192. The molecule has 0 spiro atoms. The lowest BCUT2D eigenvalue weighted by molar-refractivity contribution is -0.135. The molecule has 2 aliphatic rings. The first-order valence-corrected chi connectivity index (χ1v) is 8.76. The first-order chi connectivity index (χ1) is 10.6. The zero-order valence-corrected chi connectivity index (χ0v) is 15.2. The number of amides is 1. The molecule has 5 heteroatoms. The van der Waals surface area contributed by atoms with E-state index in [-0.39, 0.29) is 30.4 Å². The van der Waals surface area contributed by atoms with Crippen LogP contribution in [0.15, 0.2) is 24.3 Å². The number of halogens is 2. The zero-order chi connectivity index (χ0) is 15.7. The summed E-state index contributed by atoms with van der Waals surface area (Å²) < 4.78 is 0. The van der Waals surface area contributed by atoms with E-state index >= 15 is 0 Å². The molecular formula is C18H26Cl2N2O. The van der Waals surface area contributed by atoms with Crippen molar-refractivity contribution in [3.8, 4) is 0 Å². The van der Waals surface area contributed by atoms with E-state index in [2.05, 4.69) is 11.8 Å². The molecule has 0 heterocycles. The molecule has 0 aliphatic heterocycles. The second-order valence-electron chi connectivity index (χ2n) is 6.82. The second kappa shape index (κ2) is 7.87. The van der Waals surface area contributed by atoms with Gasteiger partial charge in [0.25, 0.3) is 0 Å². The van der Waals surface area contributed by atoms with Crippen LogP contribution in [0.4, 0.5) is 0 Å². The molecule has 3 nitrogen and oxygen atoms in total. The summed E-state index contributed by atoms with van der Waals surface area (Å²) in [6, 6.07) is 8.57. The largest absolute Gasteiger partial charge is 0.333 e. The number of carbonyl (C=O) groups is 1. The van der Waals surface area contributed by atoms with Crippen molar-refractivity contribution in [1.82, 2.24) is 4.90 Å². The van der Waals surface area contributed by atoms with E-state index in [0.717, 1.165) is 42.7 Å². The normalized spacial score (nSPS) is 24.8. The smallest absolute Gasteiger partial charge is 0.223 e. The van der Waals surface area contributed by atoms with Gasteiger partial charge in [0.05, 0.1) is 6.04 Å². The van der Waals surface area contributed by atoms with Crippen molar-refractivity contribution in [2.24, 2.45) is 11.7 Å². The fraction of sp³-hybridized carbons (Fsp3) is 0.611. The van der Waals surface area contributed by atoms with Crippen LogP contribution < -0.4 is 5.73 Å². The van der Waals surface area contributed by atoms with Crippen molar-refractivity contribution in [1.29, 1.82) is 0 Å². The van der Waals surface area contributed by atoms with Crippen LogP contribution in [0.1, 0.15) is 57.1 Å². The first-order valence-electron chi connectivity index (χ1n) is 8.38. The highest BCUT2D eigenvalue weighted by Crippen LogP contribution is 2.37. The van der Waals surface area contributed by atoms with Gasteiger partial charge in [0.2, 0.25) is 5.91 Å². The Kier molecular flexibility index (Phi) is 6.35. The van der Waals surface area contributed by atoms with Gasteiger partial charge >= 0.3 is 0 Å². The van der Waals surface area contributed by atoms with Gasteiger partial charge in [-0.1, -0.05) is 30.2 Å². The van der Waals surface area contributed by atoms with Crippen molar-refractivity contribution in [3.63, 3.8) is 0 Å². The van der Waals surface area contributed by atoms with Crippen molar-refractivity contribution in [2.75, 3.05) is 0 Å². The summed E-state index contributed by atoms with van der Waals surface area (Å²) in [5.74, 6) is 0.637. The third kappa shape index (κ3) is 4.40. The highest BCUT2D eigenvalue weighted by molar-refractivity contribution is 6.30. The van der Waals surface area contributed by atoms with Crippen molar-refractivity contribution in [3.05, 3.63) is 34.9 Å². The predicted octanol–water partition coefficient (Wildman–Crippen LogP) is 4.33. The van der Waals surface area contributed by atoms with E-state index in [1.807, 2.05) is 24.3 Å². The van der Waals surface area contributed by atoms with Crippen LogP contribution in [0.3, 0.4) is 0 Å². The molecule has 1 aromatic carbocycles. The van der Waals surface area contributed by atoms with Crippen LogP contribution in [-0.4, -0.2) is 22.9 Å². The lowest BCUT2D eigenvalue weighted by Gasteiger charge is -2.31. The average Bonchev–Trinajstić information content (AvgIpc) is 3.24. The molecule has 3 atom stereocenters. The van der Waals surface area contributed by atoms with Gasteiger partial charge in [-0.25, -0.2) is 0 Å². The molecule has 2 aliphatic carbocycles. The Morgan fingerprint density at radius 3 is 2.43 bits per heavy atom. The topological polar surface area (TPSA) is 46.3 Å². The minimum atomic E-state index is 0. The predicted molar refractivity (Wildman–Crippen MR) is 96.9 cm³/mol. The number of hydrogen-bond donors (Lipinski definition) is 1. The van der Waals surface area contributed by atoms with Crippen molar-refractivity contribution < 1.29 is 4.79 Å². The SMILES string of the molecule is CC(c1ccc(Cl)cc1)N(C(=O)C[C@@H]1CCC[C@H]1N)C1CC1.Cl. The van der Waals surface area contributed by atoms with Gasteiger partial charge in [-0.2, -0.15) is 0 Å². The van der Waals surface area contributed by atoms with Gasteiger partial charge in [0.15, 0.2) is 0 Å². The Morgan fingerprint density at radius 1 is 1.26 bits per heavy atom. The number of hydrogen-bond acceptors (Lipinski definition) is 2. The standard InChI is InChI=1S/C18H25ClN2O.ClH/c1-12(13-5-7-15(19)8-6-13)21(16-9-10-16)18(22)11-14-3-2-4-17(14)20;/h5-8,12,14,16-17H,2-4,9-11,20H2,1H3;1H/t12?,14-,17+;/m0./s1. The first kappa shape index (κ1) is 18.6. The molecule has 0 saturated heterocycles. The van der Waals surface area contributed by atoms with E-state index in [4.69, 9.17) is 17.3 Å². The second-order valence-corrected chi connectivity index (χ2v) is 7.26. The van der Waals surface area contributed by atoms with Gasteiger partial charge < -0.3 is 10.6 Å². The molecule has 3 rings (SSSR count). The van der Waals surface area contributed by atoms with Crippen LogP contribution in [0.5, 0.6) is 0 Å². The minimum Gasteiger partial charge on any atom is -0.333 e. The van der Waals surface area contributed by atoms with Gasteiger partial charge in [-0.15, -0.1) is 12.4 Å². The highest BCUT2D eigenvalue weighted by atomic mass is 35.5. The summed E-state index contributed by atoms with van der Waals surface area (Å²) in [5, 5.41) is 0.733. The van der Waals surface area contributed by atoms with E-state index in [1.54, 1.807) is 0 Å². The number of rotatable bonds is 5. The molecule has 1 amide bonds. The third-order valence-electron chi connectivity index (χ3n) is 5.15. The highest BCUT2D eigenvalue weighted by Gasteiger charge is 2.38. The molecule has 1 aromatic rings. The number of benzene rings is 1. The lowest BCUT2D eigenvalue weighted by Crippen LogP contribution is -2.38. The molecule has 128 valence electrons. The summed E-state index contributed by atoms with van der Waals surface area (Å²) in [6.45, 7) is 2.12. The maximum atomic E-state index is 12.9. The molecule has 0 bridgehead atoms. The number of carbonyl (C=O) groups excluding carboxylic acids is 1.